The number of aromatic nitrogens is 3. The highest BCUT2D eigenvalue weighted by Gasteiger charge is 2.25. The maximum atomic E-state index is 13.3. The molecule has 1 atom stereocenters. The average Bonchev–Trinajstić information content (AvgIpc) is 3.09. The van der Waals surface area contributed by atoms with Crippen molar-refractivity contribution in [2.45, 2.75) is 31.2 Å². The number of halogens is 1. The largest absolute Gasteiger partial charge is 0.490 e. The normalized spacial score (nSPS) is 11.9. The molecule has 1 heterocycles. The van der Waals surface area contributed by atoms with Crippen LogP contribution in [-0.2, 0) is 0 Å². The van der Waals surface area contributed by atoms with Gasteiger partial charge in [-0.15, -0.1) is 10.2 Å². The Hall–Kier alpha value is -3.14. The van der Waals surface area contributed by atoms with E-state index in [1.54, 1.807) is 41.8 Å². The van der Waals surface area contributed by atoms with Gasteiger partial charge in [0.05, 0.1) is 13.2 Å². The Morgan fingerprint density at radius 2 is 1.77 bits per heavy atom. The lowest BCUT2D eigenvalue weighted by Gasteiger charge is -2.17. The zero-order valence-corrected chi connectivity index (χ0v) is 18.3. The number of hydrogen-bond acceptors (Lipinski definition) is 7. The van der Waals surface area contributed by atoms with Crippen molar-refractivity contribution in [1.29, 1.82) is 0 Å². The number of nitro groups is 1. The van der Waals surface area contributed by atoms with Gasteiger partial charge in [0.25, 0.3) is 0 Å². The Labute approximate surface area is 183 Å². The van der Waals surface area contributed by atoms with Gasteiger partial charge in [-0.25, -0.2) is 4.39 Å². The van der Waals surface area contributed by atoms with Crippen molar-refractivity contribution < 1.29 is 18.8 Å². The maximum Gasteiger partial charge on any atom is 0.220 e. The zero-order chi connectivity index (χ0) is 22.4. The first-order valence-corrected chi connectivity index (χ1v) is 10.7. The summed E-state index contributed by atoms with van der Waals surface area (Å²) in [7, 11) is 0. The van der Waals surface area contributed by atoms with E-state index in [0.29, 0.717) is 46.9 Å². The molecule has 31 heavy (non-hydrogen) atoms. The van der Waals surface area contributed by atoms with E-state index in [1.165, 1.54) is 23.9 Å². The molecule has 0 aliphatic heterocycles. The summed E-state index contributed by atoms with van der Waals surface area (Å²) >= 11 is 1.22. The molecule has 0 unspecified atom stereocenters. The number of hydrogen-bond donors (Lipinski definition) is 0. The predicted molar refractivity (Wildman–Crippen MR) is 115 cm³/mol. The molecule has 0 aliphatic rings. The molecule has 2 aromatic carbocycles. The van der Waals surface area contributed by atoms with E-state index in [4.69, 9.17) is 9.47 Å². The molecule has 0 N–H and O–H groups in total. The number of thioether (sulfide) groups is 1. The van der Waals surface area contributed by atoms with E-state index in [1.807, 2.05) is 13.8 Å². The van der Waals surface area contributed by atoms with Gasteiger partial charge in [-0.05, 0) is 62.7 Å². The lowest BCUT2D eigenvalue weighted by atomic mass is 10.1. The first-order chi connectivity index (χ1) is 14.9. The van der Waals surface area contributed by atoms with Gasteiger partial charge >= 0.3 is 0 Å². The summed E-state index contributed by atoms with van der Waals surface area (Å²) in [5.41, 5.74) is 1.38. The van der Waals surface area contributed by atoms with Gasteiger partial charge in [0.2, 0.25) is 6.54 Å². The zero-order valence-electron chi connectivity index (χ0n) is 17.4. The Morgan fingerprint density at radius 1 is 1.10 bits per heavy atom. The van der Waals surface area contributed by atoms with E-state index < -0.39 is 5.25 Å². The molecule has 0 bridgehead atoms. The van der Waals surface area contributed by atoms with Crippen LogP contribution in [0.3, 0.4) is 0 Å². The van der Waals surface area contributed by atoms with Crippen molar-refractivity contribution in [1.82, 2.24) is 14.8 Å². The third-order valence-electron chi connectivity index (χ3n) is 4.38. The van der Waals surface area contributed by atoms with Crippen LogP contribution in [-0.4, -0.2) is 39.4 Å². The molecule has 0 spiro atoms. The van der Waals surface area contributed by atoms with Gasteiger partial charge in [-0.2, -0.15) is 0 Å². The van der Waals surface area contributed by atoms with Crippen molar-refractivity contribution in [3.63, 3.8) is 0 Å². The van der Waals surface area contributed by atoms with E-state index in [9.17, 15) is 14.5 Å². The predicted octanol–water partition coefficient (Wildman–Crippen LogP) is 4.62. The van der Waals surface area contributed by atoms with Gasteiger partial charge in [0, 0.05) is 10.6 Å². The third-order valence-corrected chi connectivity index (χ3v) is 5.56. The second kappa shape index (κ2) is 10.3. The molecule has 0 aliphatic carbocycles. The van der Waals surface area contributed by atoms with Crippen LogP contribution in [0, 0.1) is 22.9 Å². The summed E-state index contributed by atoms with van der Waals surface area (Å²) in [6.07, 6.45) is 0. The average molecular weight is 447 g/mol. The van der Waals surface area contributed by atoms with Crippen LogP contribution >= 0.6 is 11.8 Å². The lowest BCUT2D eigenvalue weighted by molar-refractivity contribution is -0.479. The van der Waals surface area contributed by atoms with Gasteiger partial charge in [-0.3, -0.25) is 14.7 Å². The minimum atomic E-state index is -0.548. The van der Waals surface area contributed by atoms with Crippen molar-refractivity contribution in [2.75, 3.05) is 19.8 Å². The maximum absolute atomic E-state index is 13.3. The molecule has 164 valence electrons. The van der Waals surface area contributed by atoms with Gasteiger partial charge in [0.15, 0.2) is 16.7 Å². The highest BCUT2D eigenvalue weighted by molar-refractivity contribution is 7.99. The number of benzene rings is 2. The van der Waals surface area contributed by atoms with Crippen LogP contribution in [0.25, 0.3) is 5.69 Å². The number of rotatable bonds is 10. The molecule has 3 aromatic rings. The van der Waals surface area contributed by atoms with Crippen LogP contribution in [0.15, 0.2) is 47.6 Å². The topological polar surface area (TPSA) is 92.3 Å². The highest BCUT2D eigenvalue weighted by atomic mass is 32.2. The Kier molecular flexibility index (Phi) is 7.45. The molecule has 0 amide bonds. The van der Waals surface area contributed by atoms with Crippen molar-refractivity contribution in [3.8, 4) is 17.2 Å². The minimum absolute atomic E-state index is 0.320. The second-order valence-corrected chi connectivity index (χ2v) is 7.71. The van der Waals surface area contributed by atoms with Crippen LogP contribution < -0.4 is 9.47 Å². The van der Waals surface area contributed by atoms with Crippen molar-refractivity contribution >= 4 is 11.8 Å². The first kappa shape index (κ1) is 22.5. The summed E-state index contributed by atoms with van der Waals surface area (Å²) in [5.74, 6) is 1.36. The van der Waals surface area contributed by atoms with Gasteiger partial charge in [-0.1, -0.05) is 17.8 Å². The summed E-state index contributed by atoms with van der Waals surface area (Å²) in [5, 5.41) is 19.6. The molecule has 0 saturated heterocycles. The summed E-state index contributed by atoms with van der Waals surface area (Å²) in [6, 6.07) is 11.2. The van der Waals surface area contributed by atoms with E-state index in [0.717, 1.165) is 0 Å². The highest BCUT2D eigenvalue weighted by Crippen LogP contribution is 2.39. The Bertz CT molecular complexity index is 1040. The fourth-order valence-electron chi connectivity index (χ4n) is 3.05. The first-order valence-electron chi connectivity index (χ1n) is 9.78. The fourth-order valence-corrected chi connectivity index (χ4v) is 4.21. The fraction of sp³-hybridized carbons (Fsp3) is 0.333. The third kappa shape index (κ3) is 5.52. The number of nitrogens with zero attached hydrogens (tertiary/aromatic N) is 4. The quantitative estimate of drug-likeness (QED) is 0.255. The van der Waals surface area contributed by atoms with Gasteiger partial charge in [0.1, 0.15) is 16.9 Å². The summed E-state index contributed by atoms with van der Waals surface area (Å²) in [6.45, 7) is 6.10. The molecule has 3 rings (SSSR count). The molecule has 10 heteroatoms. The minimum Gasteiger partial charge on any atom is -0.490 e. The SMILES string of the molecule is CCOc1ccc([C@@H](C[N+](=O)[O-])Sc2nnc(C)n2-c2ccc(F)cc2)cc1OCC. The van der Waals surface area contributed by atoms with E-state index >= 15 is 0 Å². The summed E-state index contributed by atoms with van der Waals surface area (Å²) in [4.78, 5) is 11.0. The Morgan fingerprint density at radius 3 is 2.42 bits per heavy atom. The standard InChI is InChI=1S/C21H23FN4O4S/c1-4-29-18-11-6-15(12-19(18)30-5-2)20(13-25(27)28)31-21-24-23-14(3)26(21)17-9-7-16(22)8-10-17/h6-12,20H,4-5,13H2,1-3H3/t20-/m1/s1. The number of aryl methyl sites for hydroxylation is 1. The lowest BCUT2D eigenvalue weighted by Crippen LogP contribution is -2.11. The summed E-state index contributed by atoms with van der Waals surface area (Å²) < 4.78 is 26.4. The van der Waals surface area contributed by atoms with E-state index in [-0.39, 0.29) is 17.3 Å². The molecule has 0 saturated carbocycles. The van der Waals surface area contributed by atoms with Gasteiger partial charge < -0.3 is 9.47 Å². The smallest absolute Gasteiger partial charge is 0.220 e. The molecule has 8 nitrogen and oxygen atoms in total. The molecular weight excluding hydrogens is 423 g/mol. The second-order valence-electron chi connectivity index (χ2n) is 6.54. The molecule has 0 radical (unpaired) electrons. The van der Waals surface area contributed by atoms with Crippen LogP contribution in [0.2, 0.25) is 0 Å². The van der Waals surface area contributed by atoms with E-state index in [2.05, 4.69) is 10.2 Å². The Balaban J connectivity index is 1.97. The molecular formula is C21H23FN4O4S. The van der Waals surface area contributed by atoms with Crippen LogP contribution in [0.1, 0.15) is 30.5 Å². The van der Waals surface area contributed by atoms with Crippen molar-refractivity contribution in [2.24, 2.45) is 0 Å². The monoisotopic (exact) mass is 446 g/mol. The van der Waals surface area contributed by atoms with Crippen LogP contribution in [0.4, 0.5) is 4.39 Å². The van der Waals surface area contributed by atoms with Crippen molar-refractivity contribution in [3.05, 3.63) is 69.8 Å². The number of ether oxygens (including phenoxy) is 2. The molecule has 0 fully saturated rings. The van der Waals surface area contributed by atoms with Crippen LogP contribution in [0.5, 0.6) is 11.5 Å². The molecule has 1 aromatic heterocycles.